The van der Waals surface area contributed by atoms with Gasteiger partial charge in [0.15, 0.2) is 0 Å². The van der Waals surface area contributed by atoms with Crippen LogP contribution in [0.25, 0.3) is 0 Å². The van der Waals surface area contributed by atoms with Crippen molar-refractivity contribution < 1.29 is 0 Å². The second-order valence-corrected chi connectivity index (χ2v) is 4.77. The zero-order valence-electron chi connectivity index (χ0n) is 11.2. The van der Waals surface area contributed by atoms with Gasteiger partial charge in [-0.1, -0.05) is 27.7 Å². The van der Waals surface area contributed by atoms with Crippen LogP contribution < -0.4 is 5.32 Å². The first-order valence-corrected chi connectivity index (χ1v) is 6.35. The maximum atomic E-state index is 4.36. The highest BCUT2D eigenvalue weighted by Gasteiger charge is 2.22. The summed E-state index contributed by atoms with van der Waals surface area (Å²) >= 11 is 0. The standard InChI is InChI=1S/C13H25N3/c1-6-14-13(11(5)10(3)4)12-8-15-16(7-2)9-12/h8-11,13-14H,6-7H2,1-5H3. The first kappa shape index (κ1) is 13.2. The summed E-state index contributed by atoms with van der Waals surface area (Å²) in [6, 6.07) is 0.422. The Morgan fingerprint density at radius 3 is 2.44 bits per heavy atom. The number of rotatable bonds is 6. The summed E-state index contributed by atoms with van der Waals surface area (Å²) in [6.45, 7) is 13.1. The summed E-state index contributed by atoms with van der Waals surface area (Å²) in [4.78, 5) is 0. The highest BCUT2D eigenvalue weighted by molar-refractivity contribution is 5.11. The molecule has 0 amide bonds. The average molecular weight is 223 g/mol. The molecule has 1 aromatic rings. The molecule has 3 nitrogen and oxygen atoms in total. The van der Waals surface area contributed by atoms with Crippen LogP contribution in [-0.4, -0.2) is 16.3 Å². The van der Waals surface area contributed by atoms with Gasteiger partial charge in [-0.05, 0) is 25.3 Å². The van der Waals surface area contributed by atoms with E-state index in [9.17, 15) is 0 Å². The summed E-state index contributed by atoms with van der Waals surface area (Å²) in [5, 5.41) is 7.92. The fraction of sp³-hybridized carbons (Fsp3) is 0.769. The summed E-state index contributed by atoms with van der Waals surface area (Å²) in [7, 11) is 0. The minimum absolute atomic E-state index is 0.422. The van der Waals surface area contributed by atoms with Crippen LogP contribution in [0, 0.1) is 11.8 Å². The molecule has 1 rings (SSSR count). The summed E-state index contributed by atoms with van der Waals surface area (Å²) in [6.07, 6.45) is 4.15. The molecule has 0 aliphatic rings. The molecule has 0 aliphatic heterocycles. The minimum Gasteiger partial charge on any atom is -0.310 e. The van der Waals surface area contributed by atoms with E-state index in [4.69, 9.17) is 0 Å². The topological polar surface area (TPSA) is 29.9 Å². The molecule has 2 unspecified atom stereocenters. The van der Waals surface area contributed by atoms with Gasteiger partial charge in [0.05, 0.1) is 6.20 Å². The third-order valence-corrected chi connectivity index (χ3v) is 3.34. The maximum Gasteiger partial charge on any atom is 0.0537 e. The quantitative estimate of drug-likeness (QED) is 0.803. The molecule has 92 valence electrons. The van der Waals surface area contributed by atoms with Crippen molar-refractivity contribution in [2.24, 2.45) is 11.8 Å². The molecule has 2 atom stereocenters. The number of nitrogens with one attached hydrogen (secondary N) is 1. The van der Waals surface area contributed by atoms with Crippen LogP contribution >= 0.6 is 0 Å². The molecule has 0 spiro atoms. The summed E-state index contributed by atoms with van der Waals surface area (Å²) in [5.41, 5.74) is 1.31. The number of nitrogens with zero attached hydrogens (tertiary/aromatic N) is 2. The first-order valence-electron chi connectivity index (χ1n) is 6.35. The number of hydrogen-bond donors (Lipinski definition) is 1. The SMILES string of the molecule is CCNC(c1cnn(CC)c1)C(C)C(C)C. The molecule has 0 radical (unpaired) electrons. The van der Waals surface area contributed by atoms with Crippen molar-refractivity contribution in [3.05, 3.63) is 18.0 Å². The van der Waals surface area contributed by atoms with Gasteiger partial charge in [0.25, 0.3) is 0 Å². The van der Waals surface area contributed by atoms with Gasteiger partial charge in [0, 0.05) is 24.3 Å². The normalized spacial score (nSPS) is 15.4. The average Bonchev–Trinajstić information content (AvgIpc) is 2.73. The van der Waals surface area contributed by atoms with E-state index in [1.165, 1.54) is 5.56 Å². The van der Waals surface area contributed by atoms with Gasteiger partial charge in [0.1, 0.15) is 0 Å². The van der Waals surface area contributed by atoms with Crippen LogP contribution in [0.3, 0.4) is 0 Å². The van der Waals surface area contributed by atoms with Crippen LogP contribution in [-0.2, 0) is 6.54 Å². The lowest BCUT2D eigenvalue weighted by Crippen LogP contribution is -2.29. The Morgan fingerprint density at radius 1 is 1.31 bits per heavy atom. The van der Waals surface area contributed by atoms with Crippen molar-refractivity contribution in [2.75, 3.05) is 6.54 Å². The fourth-order valence-corrected chi connectivity index (χ4v) is 1.93. The first-order chi connectivity index (χ1) is 7.60. The second-order valence-electron chi connectivity index (χ2n) is 4.77. The smallest absolute Gasteiger partial charge is 0.0537 e. The third kappa shape index (κ3) is 3.08. The Labute approximate surface area is 99.2 Å². The van der Waals surface area contributed by atoms with Crippen molar-refractivity contribution in [3.8, 4) is 0 Å². The lowest BCUT2D eigenvalue weighted by molar-refractivity contribution is 0.307. The third-order valence-electron chi connectivity index (χ3n) is 3.34. The summed E-state index contributed by atoms with van der Waals surface area (Å²) < 4.78 is 1.99. The van der Waals surface area contributed by atoms with Crippen molar-refractivity contribution >= 4 is 0 Å². The molecular formula is C13H25N3. The van der Waals surface area contributed by atoms with E-state index < -0.39 is 0 Å². The molecule has 0 aromatic carbocycles. The van der Waals surface area contributed by atoms with Crippen molar-refractivity contribution in [1.29, 1.82) is 0 Å². The molecule has 16 heavy (non-hydrogen) atoms. The molecule has 1 heterocycles. The zero-order chi connectivity index (χ0) is 12.1. The molecular weight excluding hydrogens is 198 g/mol. The monoisotopic (exact) mass is 223 g/mol. The van der Waals surface area contributed by atoms with E-state index in [0.29, 0.717) is 17.9 Å². The molecule has 3 heteroatoms. The number of aryl methyl sites for hydroxylation is 1. The van der Waals surface area contributed by atoms with Crippen molar-refractivity contribution in [2.45, 2.75) is 47.2 Å². The van der Waals surface area contributed by atoms with Crippen molar-refractivity contribution in [3.63, 3.8) is 0 Å². The van der Waals surface area contributed by atoms with E-state index in [0.717, 1.165) is 13.1 Å². The van der Waals surface area contributed by atoms with Crippen LogP contribution in [0.4, 0.5) is 0 Å². The second kappa shape index (κ2) is 6.04. The molecule has 0 saturated heterocycles. The molecule has 0 bridgehead atoms. The lowest BCUT2D eigenvalue weighted by Gasteiger charge is -2.26. The van der Waals surface area contributed by atoms with E-state index in [1.807, 2.05) is 10.9 Å². The van der Waals surface area contributed by atoms with Crippen LogP contribution in [0.15, 0.2) is 12.4 Å². The van der Waals surface area contributed by atoms with Crippen LogP contribution in [0.5, 0.6) is 0 Å². The molecule has 1 N–H and O–H groups in total. The Hall–Kier alpha value is -0.830. The fourth-order valence-electron chi connectivity index (χ4n) is 1.93. The van der Waals surface area contributed by atoms with E-state index >= 15 is 0 Å². The van der Waals surface area contributed by atoms with Crippen LogP contribution in [0.2, 0.25) is 0 Å². The minimum atomic E-state index is 0.422. The summed E-state index contributed by atoms with van der Waals surface area (Å²) in [5.74, 6) is 1.29. The zero-order valence-corrected chi connectivity index (χ0v) is 11.2. The van der Waals surface area contributed by atoms with Gasteiger partial charge in [0.2, 0.25) is 0 Å². The highest BCUT2D eigenvalue weighted by Crippen LogP contribution is 2.27. The van der Waals surface area contributed by atoms with E-state index in [1.54, 1.807) is 0 Å². The van der Waals surface area contributed by atoms with Gasteiger partial charge in [-0.3, -0.25) is 4.68 Å². The number of hydrogen-bond acceptors (Lipinski definition) is 2. The predicted molar refractivity (Wildman–Crippen MR) is 68.3 cm³/mol. The molecule has 0 saturated carbocycles. The van der Waals surface area contributed by atoms with Crippen molar-refractivity contribution in [1.82, 2.24) is 15.1 Å². The van der Waals surface area contributed by atoms with Gasteiger partial charge in [-0.25, -0.2) is 0 Å². The number of aromatic nitrogens is 2. The Morgan fingerprint density at radius 2 is 2.00 bits per heavy atom. The highest BCUT2D eigenvalue weighted by atomic mass is 15.3. The molecule has 0 fully saturated rings. The Balaban J connectivity index is 2.83. The lowest BCUT2D eigenvalue weighted by atomic mass is 9.87. The van der Waals surface area contributed by atoms with Gasteiger partial charge in [-0.2, -0.15) is 5.10 Å². The molecule has 1 aromatic heterocycles. The molecule has 0 aliphatic carbocycles. The maximum absolute atomic E-state index is 4.36. The van der Waals surface area contributed by atoms with Crippen LogP contribution in [0.1, 0.15) is 46.2 Å². The Bertz CT molecular complexity index is 304. The van der Waals surface area contributed by atoms with E-state index in [2.05, 4.69) is 51.2 Å². The van der Waals surface area contributed by atoms with E-state index in [-0.39, 0.29) is 0 Å². The van der Waals surface area contributed by atoms with Gasteiger partial charge < -0.3 is 5.32 Å². The Kier molecular flexibility index (Phi) is 5.00. The van der Waals surface area contributed by atoms with Gasteiger partial charge in [-0.15, -0.1) is 0 Å². The predicted octanol–water partition coefficient (Wildman–Crippen LogP) is 2.85. The van der Waals surface area contributed by atoms with Gasteiger partial charge >= 0.3 is 0 Å². The largest absolute Gasteiger partial charge is 0.310 e.